The van der Waals surface area contributed by atoms with Gasteiger partial charge in [-0.05, 0) is 63.7 Å². The molecule has 10 heteroatoms. The first kappa shape index (κ1) is 24.2. The van der Waals surface area contributed by atoms with Gasteiger partial charge in [0.05, 0.1) is 6.61 Å². The number of nitrogens with one attached hydrogen (secondary N) is 3. The van der Waals surface area contributed by atoms with E-state index in [1.807, 2.05) is 0 Å². The Morgan fingerprint density at radius 3 is 2.53 bits per heavy atom. The van der Waals surface area contributed by atoms with Gasteiger partial charge in [-0.3, -0.25) is 14.4 Å². The molecule has 0 unspecified atom stereocenters. The average Bonchev–Trinajstić information content (AvgIpc) is 3.52. The van der Waals surface area contributed by atoms with E-state index in [2.05, 4.69) is 25.8 Å². The van der Waals surface area contributed by atoms with Gasteiger partial charge in [-0.1, -0.05) is 0 Å². The number of fused-ring (bicyclic) bond motifs is 1. The van der Waals surface area contributed by atoms with Crippen molar-refractivity contribution in [3.63, 3.8) is 0 Å². The molecular weight excluding hydrogens is 438 g/mol. The smallest absolute Gasteiger partial charge is 0.289 e. The van der Waals surface area contributed by atoms with E-state index in [4.69, 9.17) is 9.15 Å². The molecule has 2 aromatic rings. The highest BCUT2D eigenvalue weighted by Crippen LogP contribution is 2.33. The summed E-state index contributed by atoms with van der Waals surface area (Å²) in [6.45, 7) is 2.94. The van der Waals surface area contributed by atoms with Gasteiger partial charge in [0.15, 0.2) is 5.58 Å². The summed E-state index contributed by atoms with van der Waals surface area (Å²) in [5.41, 5.74) is 0.959. The lowest BCUT2D eigenvalue weighted by atomic mass is 9.85. The van der Waals surface area contributed by atoms with Crippen LogP contribution in [0.15, 0.2) is 16.5 Å². The summed E-state index contributed by atoms with van der Waals surface area (Å²) >= 11 is 0. The number of pyridine rings is 1. The first-order chi connectivity index (χ1) is 16.5. The average molecular weight is 472 g/mol. The minimum atomic E-state index is -0.482. The predicted octanol–water partition coefficient (Wildman–Crippen LogP) is 2.16. The summed E-state index contributed by atoms with van der Waals surface area (Å²) in [5.74, 6) is -1.18. The molecule has 3 amide bonds. The van der Waals surface area contributed by atoms with Gasteiger partial charge in [0.25, 0.3) is 11.8 Å². The molecule has 2 fully saturated rings. The van der Waals surface area contributed by atoms with Crippen LogP contribution >= 0.6 is 0 Å². The van der Waals surface area contributed by atoms with Crippen LogP contribution in [0.3, 0.4) is 0 Å². The highest BCUT2D eigenvalue weighted by atomic mass is 16.5. The van der Waals surface area contributed by atoms with E-state index in [9.17, 15) is 14.4 Å². The van der Waals surface area contributed by atoms with Crippen molar-refractivity contribution in [1.82, 2.24) is 20.5 Å². The van der Waals surface area contributed by atoms with E-state index in [0.717, 1.165) is 38.8 Å². The van der Waals surface area contributed by atoms with Gasteiger partial charge in [0.1, 0.15) is 16.9 Å². The second kappa shape index (κ2) is 11.0. The lowest BCUT2D eigenvalue weighted by Crippen LogP contribution is -2.38. The molecule has 3 heterocycles. The quantitative estimate of drug-likeness (QED) is 0.504. The van der Waals surface area contributed by atoms with Gasteiger partial charge >= 0.3 is 0 Å². The van der Waals surface area contributed by atoms with E-state index in [-0.39, 0.29) is 46.9 Å². The summed E-state index contributed by atoms with van der Waals surface area (Å²) in [6, 6.07) is 3.65. The molecule has 1 saturated heterocycles. The Bertz CT molecular complexity index is 1040. The number of hydrogen-bond donors (Lipinski definition) is 3. The molecule has 0 atom stereocenters. The zero-order chi connectivity index (χ0) is 24.1. The lowest BCUT2D eigenvalue weighted by Gasteiger charge is -2.33. The Labute approximate surface area is 198 Å². The molecule has 2 aliphatic rings. The molecule has 1 aliphatic carbocycles. The number of aromatic nitrogens is 1. The van der Waals surface area contributed by atoms with Crippen LogP contribution in [0.4, 0.5) is 5.69 Å². The second-order valence-electron chi connectivity index (χ2n) is 8.92. The van der Waals surface area contributed by atoms with Crippen molar-refractivity contribution in [2.24, 2.45) is 5.92 Å². The van der Waals surface area contributed by atoms with E-state index in [1.54, 1.807) is 13.2 Å². The molecule has 1 saturated carbocycles. The molecule has 10 nitrogen and oxygen atoms in total. The monoisotopic (exact) mass is 471 g/mol. The number of carbonyl (C=O) groups excluding carboxylic acids is 3. The maximum absolute atomic E-state index is 13.2. The molecule has 1 aliphatic heterocycles. The predicted molar refractivity (Wildman–Crippen MR) is 127 cm³/mol. The zero-order valence-corrected chi connectivity index (χ0v) is 19.8. The topological polar surface area (TPSA) is 126 Å². The normalized spacial score (nSPS) is 20.9. The first-order valence-corrected chi connectivity index (χ1v) is 12.0. The van der Waals surface area contributed by atoms with Crippen LogP contribution in [-0.2, 0) is 9.53 Å². The largest absolute Gasteiger partial charge is 0.447 e. The molecule has 0 radical (unpaired) electrons. The van der Waals surface area contributed by atoms with Gasteiger partial charge in [-0.25, -0.2) is 4.98 Å². The number of methoxy groups -OCH3 is 1. The summed E-state index contributed by atoms with van der Waals surface area (Å²) in [4.78, 5) is 45.1. The van der Waals surface area contributed by atoms with Crippen molar-refractivity contribution in [2.75, 3.05) is 45.7 Å². The van der Waals surface area contributed by atoms with Crippen molar-refractivity contribution >= 4 is 34.5 Å². The van der Waals surface area contributed by atoms with Crippen LogP contribution < -0.4 is 16.0 Å². The number of hydrogen-bond acceptors (Lipinski definition) is 7. The first-order valence-electron chi connectivity index (χ1n) is 12.0. The van der Waals surface area contributed by atoms with Crippen LogP contribution in [0.5, 0.6) is 0 Å². The van der Waals surface area contributed by atoms with Crippen molar-refractivity contribution in [3.8, 4) is 0 Å². The number of rotatable bonds is 8. The number of furan rings is 1. The van der Waals surface area contributed by atoms with Crippen LogP contribution in [0, 0.1) is 5.92 Å². The number of ether oxygens (including phenoxy) is 1. The fraction of sp³-hybridized carbons (Fsp3) is 0.583. The maximum atomic E-state index is 13.2. The van der Waals surface area contributed by atoms with Crippen LogP contribution in [0.1, 0.15) is 59.6 Å². The van der Waals surface area contributed by atoms with Gasteiger partial charge in [0, 0.05) is 32.7 Å². The number of amides is 3. The van der Waals surface area contributed by atoms with Gasteiger partial charge in [0.2, 0.25) is 11.7 Å². The second-order valence-corrected chi connectivity index (χ2v) is 8.92. The zero-order valence-electron chi connectivity index (χ0n) is 19.8. The van der Waals surface area contributed by atoms with E-state index < -0.39 is 5.91 Å². The lowest BCUT2D eigenvalue weighted by molar-refractivity contribution is -0.121. The van der Waals surface area contributed by atoms with Crippen molar-refractivity contribution < 1.29 is 23.5 Å². The SMILES string of the molecule is CNC(=O)c1ccc2oc(C(=O)NCCOC)c(NC(=O)C3CCC(N4CCCC4)CC3)c2n1. The Morgan fingerprint density at radius 1 is 1.12 bits per heavy atom. The third kappa shape index (κ3) is 5.23. The number of likely N-dealkylation sites (tertiary alicyclic amines) is 1. The summed E-state index contributed by atoms with van der Waals surface area (Å²) in [7, 11) is 3.06. The number of carbonyl (C=O) groups is 3. The summed E-state index contributed by atoms with van der Waals surface area (Å²) < 4.78 is 10.8. The third-order valence-corrected chi connectivity index (χ3v) is 6.76. The summed E-state index contributed by atoms with van der Waals surface area (Å²) in [5, 5.41) is 8.16. The Hall–Kier alpha value is -2.98. The number of anilines is 1. The Morgan fingerprint density at radius 2 is 1.85 bits per heavy atom. The van der Waals surface area contributed by atoms with Crippen LogP contribution in [-0.4, -0.2) is 74.0 Å². The third-order valence-electron chi connectivity index (χ3n) is 6.76. The molecule has 34 heavy (non-hydrogen) atoms. The minimum Gasteiger partial charge on any atom is -0.447 e. The Kier molecular flexibility index (Phi) is 7.79. The van der Waals surface area contributed by atoms with Crippen LogP contribution in [0.25, 0.3) is 11.1 Å². The number of nitrogens with zero attached hydrogens (tertiary/aromatic N) is 2. The highest BCUT2D eigenvalue weighted by molar-refractivity contribution is 6.10. The molecular formula is C24H33N5O5. The molecule has 0 bridgehead atoms. The van der Waals surface area contributed by atoms with E-state index in [1.165, 1.54) is 26.0 Å². The maximum Gasteiger partial charge on any atom is 0.289 e. The fourth-order valence-corrected chi connectivity index (χ4v) is 4.89. The molecule has 3 N–H and O–H groups in total. The molecule has 0 spiro atoms. The van der Waals surface area contributed by atoms with E-state index in [0.29, 0.717) is 18.2 Å². The van der Waals surface area contributed by atoms with Crippen molar-refractivity contribution in [2.45, 2.75) is 44.6 Å². The molecule has 4 rings (SSSR count). The van der Waals surface area contributed by atoms with Gasteiger partial charge in [-0.2, -0.15) is 0 Å². The molecule has 184 valence electrons. The van der Waals surface area contributed by atoms with Crippen molar-refractivity contribution in [1.29, 1.82) is 0 Å². The fourth-order valence-electron chi connectivity index (χ4n) is 4.89. The highest BCUT2D eigenvalue weighted by Gasteiger charge is 2.32. The van der Waals surface area contributed by atoms with Gasteiger partial charge < -0.3 is 30.0 Å². The molecule has 0 aromatic carbocycles. The van der Waals surface area contributed by atoms with Crippen LogP contribution in [0.2, 0.25) is 0 Å². The van der Waals surface area contributed by atoms with E-state index >= 15 is 0 Å². The van der Waals surface area contributed by atoms with Gasteiger partial charge in [-0.15, -0.1) is 0 Å². The standard InChI is InChI=1S/C24H33N5O5/c1-25-23(31)17-9-10-18-19(27-17)20(21(34-18)24(32)26-11-14-33-2)28-22(30)15-5-7-16(8-6-15)29-12-3-4-13-29/h9-10,15-16H,3-8,11-14H2,1-2H3,(H,25,31)(H,26,32)(H,28,30). The Balaban J connectivity index is 1.54. The summed E-state index contributed by atoms with van der Waals surface area (Å²) in [6.07, 6.45) is 6.11. The minimum absolute atomic E-state index is 0.0354. The van der Waals surface area contributed by atoms with Crippen molar-refractivity contribution in [3.05, 3.63) is 23.6 Å². The molecule has 2 aromatic heterocycles.